The second-order valence-electron chi connectivity index (χ2n) is 12.2. The molecule has 24 heteroatoms. The fourth-order valence-corrected chi connectivity index (χ4v) is 6.21. The summed E-state index contributed by atoms with van der Waals surface area (Å²) in [4.78, 5) is 22.7. The summed E-state index contributed by atoms with van der Waals surface area (Å²) in [6, 6.07) is 5.68. The molecule has 0 aliphatic carbocycles. The van der Waals surface area contributed by atoms with Gasteiger partial charge in [0, 0.05) is 24.3 Å². The molecule has 2 saturated heterocycles. The van der Waals surface area contributed by atoms with E-state index in [4.69, 9.17) is 42.7 Å². The molecular weight excluding hydrogens is 784 g/mol. The van der Waals surface area contributed by atoms with Crippen LogP contribution in [0.15, 0.2) is 34.7 Å². The molecule has 0 radical (unpaired) electrons. The maximum absolute atomic E-state index is 11.9. The number of benzene rings is 2. The van der Waals surface area contributed by atoms with Gasteiger partial charge in [0.1, 0.15) is 72.6 Å². The monoisotopic (exact) mass is 821 g/mol. The quantitative estimate of drug-likeness (QED) is 0.0364. The van der Waals surface area contributed by atoms with Crippen LogP contribution >= 0.6 is 0 Å². The molecule has 5 rings (SSSR count). The molecule has 4 unspecified atom stereocenters. The van der Waals surface area contributed by atoms with Crippen LogP contribution in [0.25, 0.3) is 22.3 Å². The number of fused-ring (bicyclic) bond motifs is 1. The van der Waals surface area contributed by atoms with Crippen molar-refractivity contribution < 1.29 is 110 Å². The van der Waals surface area contributed by atoms with Crippen molar-refractivity contribution in [3.05, 3.63) is 30.3 Å². The standard InChI is InChI=1S/C32H36O23S/c1-47-16-3-11(4-17(48-2)23(16)38)29-18(52-31-28(43)26(41)24(39)19(9-33)53-31)7-13-14(50-29)5-12(34)6-15(13)51-32-30(55-56(44,45)46)27(42)25(40)20(54-32)10-49-22(37)8-21(35)36/h3-7,19-20,24-28,30-33,39-43H,8-10H2,1-2H3,(H3-,34,35,36,38,44,45,46)/p+1/t19-,20?,24-,25-,26?,27+,28?,30?,31-,32-/m1/s1. The number of aliphatic hydroxyl groups is 6. The summed E-state index contributed by atoms with van der Waals surface area (Å²) in [5, 5.41) is 92.6. The zero-order valence-corrected chi connectivity index (χ0v) is 29.8. The highest BCUT2D eigenvalue weighted by Gasteiger charge is 2.50. The largest absolute Gasteiger partial charge is 0.507 e. The van der Waals surface area contributed by atoms with Crippen LogP contribution in [0.5, 0.6) is 34.5 Å². The van der Waals surface area contributed by atoms with Gasteiger partial charge in [0.2, 0.25) is 24.1 Å². The highest BCUT2D eigenvalue weighted by atomic mass is 32.3. The number of carboxylic acid groups (broad SMARTS) is 1. The Hall–Kier alpha value is -4.86. The van der Waals surface area contributed by atoms with E-state index in [-0.39, 0.29) is 39.5 Å². The van der Waals surface area contributed by atoms with Crippen molar-refractivity contribution in [2.24, 2.45) is 0 Å². The van der Waals surface area contributed by atoms with Gasteiger partial charge in [-0.1, -0.05) is 0 Å². The maximum atomic E-state index is 11.9. The summed E-state index contributed by atoms with van der Waals surface area (Å²) in [5.41, 5.74) is -0.191. The van der Waals surface area contributed by atoms with E-state index in [0.29, 0.717) is 0 Å². The van der Waals surface area contributed by atoms with Crippen molar-refractivity contribution in [3.8, 4) is 45.8 Å². The van der Waals surface area contributed by atoms with Crippen LogP contribution in [0.2, 0.25) is 0 Å². The predicted molar refractivity (Wildman–Crippen MR) is 178 cm³/mol. The zero-order valence-electron chi connectivity index (χ0n) is 29.0. The zero-order chi connectivity index (χ0) is 41.2. The highest BCUT2D eigenvalue weighted by Crippen LogP contribution is 2.46. The maximum Gasteiger partial charge on any atom is 0.402 e. The van der Waals surface area contributed by atoms with Gasteiger partial charge in [0.15, 0.2) is 17.6 Å². The molecule has 10 N–H and O–H groups in total. The fourth-order valence-electron chi connectivity index (χ4n) is 5.73. The molecule has 0 spiro atoms. The van der Waals surface area contributed by atoms with E-state index < -0.39 is 121 Å². The third kappa shape index (κ3) is 9.22. The van der Waals surface area contributed by atoms with Gasteiger partial charge < -0.3 is 79.1 Å². The summed E-state index contributed by atoms with van der Waals surface area (Å²) in [7, 11) is -2.94. The fraction of sp³-hybridized carbons (Fsp3) is 0.469. The van der Waals surface area contributed by atoms with Crippen molar-refractivity contribution >= 4 is 33.3 Å². The number of phenolic OH excluding ortho intramolecular Hbond substituents is 2. The number of aliphatic carboxylic acids is 1. The molecule has 3 heterocycles. The van der Waals surface area contributed by atoms with Gasteiger partial charge in [-0.3, -0.25) is 14.1 Å². The molecule has 10 atom stereocenters. The molecule has 0 amide bonds. The molecule has 2 aromatic carbocycles. The number of hydrogen-bond donors (Lipinski definition) is 10. The molecule has 2 aliphatic heterocycles. The first-order chi connectivity index (χ1) is 26.3. The van der Waals surface area contributed by atoms with Gasteiger partial charge in [-0.25, -0.2) is 8.60 Å². The molecule has 56 heavy (non-hydrogen) atoms. The lowest BCUT2D eigenvalue weighted by molar-refractivity contribution is -0.277. The van der Waals surface area contributed by atoms with Gasteiger partial charge in [-0.05, 0) is 0 Å². The molecule has 2 aliphatic rings. The third-order valence-electron chi connectivity index (χ3n) is 8.46. The van der Waals surface area contributed by atoms with E-state index in [1.54, 1.807) is 0 Å². The Labute approximate surface area is 314 Å². The van der Waals surface area contributed by atoms with E-state index in [1.807, 2.05) is 0 Å². The molecule has 2 fully saturated rings. The Kier molecular flexibility index (Phi) is 12.9. The van der Waals surface area contributed by atoms with Crippen molar-refractivity contribution in [2.75, 3.05) is 27.4 Å². The first-order valence-corrected chi connectivity index (χ1v) is 17.5. The lowest BCUT2D eigenvalue weighted by Crippen LogP contribution is -2.61. The number of esters is 1. The van der Waals surface area contributed by atoms with E-state index in [1.165, 1.54) is 26.4 Å². The van der Waals surface area contributed by atoms with Crippen LogP contribution in [0.4, 0.5) is 0 Å². The molecular formula is C32H37O23S+. The SMILES string of the molecule is COc1cc(-c2[o+]c3cc(O)cc(O[C@@H]4OC(COC(=O)CC(=O)O)[C@@H](O)[C@H](O)C4OS(=O)(=O)O)c3cc2O[C@@H]2O[C@H](CO)[C@@H](O)C(O)C2O)cc(OC)c1O. The predicted octanol–water partition coefficient (Wildman–Crippen LogP) is -1.98. The van der Waals surface area contributed by atoms with Crippen molar-refractivity contribution in [1.29, 1.82) is 0 Å². The Bertz CT molecular complexity index is 2000. The Morgan fingerprint density at radius 1 is 0.786 bits per heavy atom. The lowest BCUT2D eigenvalue weighted by Gasteiger charge is -2.41. The number of ether oxygens (including phenoxy) is 7. The van der Waals surface area contributed by atoms with Gasteiger partial charge >= 0.3 is 33.7 Å². The minimum absolute atomic E-state index is 0.0541. The number of aromatic hydroxyl groups is 2. The van der Waals surface area contributed by atoms with Crippen molar-refractivity contribution in [1.82, 2.24) is 0 Å². The van der Waals surface area contributed by atoms with Gasteiger partial charge in [-0.15, -0.1) is 0 Å². The average Bonchev–Trinajstić information content (AvgIpc) is 3.13. The van der Waals surface area contributed by atoms with E-state index in [9.17, 15) is 63.4 Å². The Balaban J connectivity index is 1.63. The second-order valence-corrected chi connectivity index (χ2v) is 13.3. The number of phenols is 2. The first kappa shape index (κ1) is 42.3. The highest BCUT2D eigenvalue weighted by molar-refractivity contribution is 7.80. The Morgan fingerprint density at radius 3 is 1.98 bits per heavy atom. The molecule has 3 aromatic rings. The van der Waals surface area contributed by atoms with Gasteiger partial charge in [0.05, 0.1) is 32.5 Å². The van der Waals surface area contributed by atoms with Crippen LogP contribution in [0, 0.1) is 0 Å². The number of aliphatic hydroxyl groups excluding tert-OH is 6. The molecule has 0 bridgehead atoms. The summed E-state index contributed by atoms with van der Waals surface area (Å²) < 4.78 is 81.7. The first-order valence-electron chi connectivity index (χ1n) is 16.1. The summed E-state index contributed by atoms with van der Waals surface area (Å²) in [6.07, 6.45) is -20.4. The summed E-state index contributed by atoms with van der Waals surface area (Å²) in [5.74, 6) is -5.18. The third-order valence-corrected chi connectivity index (χ3v) is 8.92. The number of methoxy groups -OCH3 is 2. The minimum atomic E-state index is -5.41. The van der Waals surface area contributed by atoms with Gasteiger partial charge in [-0.2, -0.15) is 8.42 Å². The number of carboxylic acids is 1. The Morgan fingerprint density at radius 2 is 1.39 bits per heavy atom. The van der Waals surface area contributed by atoms with Crippen LogP contribution in [-0.4, -0.2) is 160 Å². The number of carbonyl (C=O) groups excluding carboxylic acids is 1. The number of carbonyl (C=O) groups is 2. The normalized spacial score (nSPS) is 28.0. The van der Waals surface area contributed by atoms with Crippen molar-refractivity contribution in [2.45, 2.75) is 67.8 Å². The smallest absolute Gasteiger partial charge is 0.402 e. The minimum Gasteiger partial charge on any atom is -0.507 e. The van der Waals surface area contributed by atoms with Crippen LogP contribution in [0.1, 0.15) is 6.42 Å². The molecule has 23 nitrogen and oxygen atoms in total. The molecule has 0 saturated carbocycles. The van der Waals surface area contributed by atoms with E-state index in [0.717, 1.165) is 18.2 Å². The van der Waals surface area contributed by atoms with E-state index >= 15 is 0 Å². The van der Waals surface area contributed by atoms with Crippen LogP contribution in [0.3, 0.4) is 0 Å². The van der Waals surface area contributed by atoms with E-state index in [2.05, 4.69) is 4.18 Å². The topological polar surface area (TPSA) is 356 Å². The second kappa shape index (κ2) is 17.1. The van der Waals surface area contributed by atoms with Crippen LogP contribution < -0.4 is 18.9 Å². The van der Waals surface area contributed by atoms with Gasteiger partial charge in [0.25, 0.3) is 0 Å². The molecule has 308 valence electrons. The lowest BCUT2D eigenvalue weighted by atomic mass is 9.99. The number of hydrogen-bond acceptors (Lipinski definition) is 20. The molecule has 1 aromatic heterocycles. The number of rotatable bonds is 14. The summed E-state index contributed by atoms with van der Waals surface area (Å²) >= 11 is 0. The van der Waals surface area contributed by atoms with Crippen LogP contribution in [-0.2, 0) is 38.4 Å². The van der Waals surface area contributed by atoms with Crippen molar-refractivity contribution in [3.63, 3.8) is 0 Å². The summed E-state index contributed by atoms with van der Waals surface area (Å²) in [6.45, 7) is -1.73. The average molecular weight is 822 g/mol.